The van der Waals surface area contributed by atoms with Crippen molar-refractivity contribution in [2.75, 3.05) is 6.54 Å². The Morgan fingerprint density at radius 1 is 1.54 bits per heavy atom. The Morgan fingerprint density at radius 2 is 2.31 bits per heavy atom. The van der Waals surface area contributed by atoms with E-state index in [1.54, 1.807) is 0 Å². The molecule has 1 rings (SSSR count). The molecule has 1 fully saturated rings. The van der Waals surface area contributed by atoms with Crippen molar-refractivity contribution in [2.24, 2.45) is 0 Å². The lowest BCUT2D eigenvalue weighted by atomic mass is 10.0. The van der Waals surface area contributed by atoms with Crippen LogP contribution in [-0.2, 0) is 9.53 Å². The first kappa shape index (κ1) is 10.3. The first-order valence-electron chi connectivity index (χ1n) is 4.82. The third kappa shape index (κ3) is 3.19. The topological polar surface area (TPSA) is 38.3 Å². The van der Waals surface area contributed by atoms with Crippen molar-refractivity contribution in [2.45, 2.75) is 39.2 Å². The molecule has 74 valence electrons. The molecule has 1 atom stereocenters. The van der Waals surface area contributed by atoms with Crippen molar-refractivity contribution in [3.8, 4) is 0 Å². The van der Waals surface area contributed by atoms with Crippen LogP contribution in [0.15, 0.2) is 11.8 Å². The van der Waals surface area contributed by atoms with Gasteiger partial charge in [0, 0.05) is 6.92 Å². The predicted octanol–water partition coefficient (Wildman–Crippen LogP) is 1.60. The number of ether oxygens (including phenoxy) is 1. The number of piperidine rings is 1. The van der Waals surface area contributed by atoms with Crippen LogP contribution in [0.1, 0.15) is 33.1 Å². The molecule has 0 spiro atoms. The number of hydrogen-bond acceptors (Lipinski definition) is 3. The zero-order valence-electron chi connectivity index (χ0n) is 8.30. The lowest BCUT2D eigenvalue weighted by Crippen LogP contribution is -2.36. The van der Waals surface area contributed by atoms with Gasteiger partial charge in [0.25, 0.3) is 0 Å². The number of nitrogens with one attached hydrogen (secondary N) is 1. The van der Waals surface area contributed by atoms with E-state index in [-0.39, 0.29) is 12.0 Å². The lowest BCUT2D eigenvalue weighted by Gasteiger charge is -2.24. The van der Waals surface area contributed by atoms with Crippen LogP contribution >= 0.6 is 0 Å². The monoisotopic (exact) mass is 183 g/mol. The van der Waals surface area contributed by atoms with Gasteiger partial charge in [0.05, 0.1) is 6.04 Å². The predicted molar refractivity (Wildman–Crippen MR) is 51.2 cm³/mol. The van der Waals surface area contributed by atoms with Crippen LogP contribution in [0.4, 0.5) is 0 Å². The number of hydrogen-bond donors (Lipinski definition) is 1. The summed E-state index contributed by atoms with van der Waals surface area (Å²) in [6.07, 6.45) is 5.35. The van der Waals surface area contributed by atoms with Gasteiger partial charge in [-0.1, -0.05) is 6.42 Å². The Labute approximate surface area is 79.2 Å². The number of esters is 1. The molecular formula is C10H17NO2. The van der Waals surface area contributed by atoms with Gasteiger partial charge >= 0.3 is 5.97 Å². The van der Waals surface area contributed by atoms with Crippen LogP contribution in [0.2, 0.25) is 0 Å². The van der Waals surface area contributed by atoms with Crippen LogP contribution in [0, 0.1) is 0 Å². The number of allylic oxidation sites excluding steroid dienone is 1. The highest BCUT2D eigenvalue weighted by Gasteiger charge is 2.18. The van der Waals surface area contributed by atoms with E-state index in [1.165, 1.54) is 19.8 Å². The second kappa shape index (κ2) is 5.02. The molecule has 1 heterocycles. The maximum Gasteiger partial charge on any atom is 0.307 e. The zero-order chi connectivity index (χ0) is 9.68. The molecule has 1 unspecified atom stereocenters. The largest absolute Gasteiger partial charge is 0.430 e. The summed E-state index contributed by atoms with van der Waals surface area (Å²) in [4.78, 5) is 10.8. The molecule has 3 heteroatoms. The van der Waals surface area contributed by atoms with Crippen LogP contribution in [0.3, 0.4) is 0 Å². The minimum atomic E-state index is -0.236. The summed E-state index contributed by atoms with van der Waals surface area (Å²) in [5, 5.41) is 3.33. The Bertz CT molecular complexity index is 205. The van der Waals surface area contributed by atoms with Gasteiger partial charge in [0.15, 0.2) is 0 Å². The summed E-state index contributed by atoms with van der Waals surface area (Å²) in [6, 6.07) is 0.239. The molecule has 1 aliphatic heterocycles. The van der Waals surface area contributed by atoms with E-state index in [1.807, 2.05) is 13.0 Å². The third-order valence-electron chi connectivity index (χ3n) is 2.20. The molecular weight excluding hydrogens is 166 g/mol. The highest BCUT2D eigenvalue weighted by Crippen LogP contribution is 2.15. The highest BCUT2D eigenvalue weighted by molar-refractivity contribution is 5.67. The Hall–Kier alpha value is -0.830. The van der Waals surface area contributed by atoms with Gasteiger partial charge in [0.2, 0.25) is 0 Å². The molecule has 0 amide bonds. The fourth-order valence-corrected chi connectivity index (χ4v) is 1.59. The minimum absolute atomic E-state index is 0.236. The zero-order valence-corrected chi connectivity index (χ0v) is 8.30. The molecule has 0 aromatic rings. The summed E-state index contributed by atoms with van der Waals surface area (Å²) >= 11 is 0. The van der Waals surface area contributed by atoms with Gasteiger partial charge < -0.3 is 10.1 Å². The maximum absolute atomic E-state index is 10.8. The smallest absolute Gasteiger partial charge is 0.307 e. The van der Waals surface area contributed by atoms with Crippen molar-refractivity contribution in [1.82, 2.24) is 5.32 Å². The third-order valence-corrected chi connectivity index (χ3v) is 2.20. The molecule has 1 aliphatic rings. The highest BCUT2D eigenvalue weighted by atomic mass is 16.5. The molecule has 3 nitrogen and oxygen atoms in total. The van der Waals surface area contributed by atoms with Crippen molar-refractivity contribution < 1.29 is 9.53 Å². The fourth-order valence-electron chi connectivity index (χ4n) is 1.59. The first-order valence-corrected chi connectivity index (χ1v) is 4.82. The van der Waals surface area contributed by atoms with E-state index in [2.05, 4.69) is 5.32 Å². The van der Waals surface area contributed by atoms with E-state index < -0.39 is 0 Å². The summed E-state index contributed by atoms with van der Waals surface area (Å²) in [5.74, 6) is 0.535. The van der Waals surface area contributed by atoms with Gasteiger partial charge in [-0.05, 0) is 32.4 Å². The van der Waals surface area contributed by atoms with Crippen LogP contribution in [0.25, 0.3) is 0 Å². The number of rotatable bonds is 2. The molecule has 1 N–H and O–H groups in total. The normalized spacial score (nSPS) is 24.2. The standard InChI is InChI=1S/C10H17NO2/c1-3-10(13-8(2)12)9-6-4-5-7-11-9/h3,9,11H,4-7H2,1-2H3/b10-3+. The Morgan fingerprint density at radius 3 is 2.77 bits per heavy atom. The SMILES string of the molecule is C/C=C(/OC(C)=O)C1CCCCN1. The van der Waals surface area contributed by atoms with E-state index in [9.17, 15) is 4.79 Å². The molecule has 0 aromatic heterocycles. The number of carbonyl (C=O) groups is 1. The Kier molecular flexibility index (Phi) is 3.96. The molecule has 1 saturated heterocycles. The number of carbonyl (C=O) groups excluding carboxylic acids is 1. The van der Waals surface area contributed by atoms with Crippen LogP contribution < -0.4 is 5.32 Å². The lowest BCUT2D eigenvalue weighted by molar-refractivity contribution is -0.137. The maximum atomic E-state index is 10.8. The first-order chi connectivity index (χ1) is 6.24. The van der Waals surface area contributed by atoms with E-state index in [0.29, 0.717) is 0 Å². The van der Waals surface area contributed by atoms with E-state index in [0.717, 1.165) is 18.7 Å². The van der Waals surface area contributed by atoms with Gasteiger partial charge in [-0.25, -0.2) is 0 Å². The fraction of sp³-hybridized carbons (Fsp3) is 0.700. The van der Waals surface area contributed by atoms with E-state index in [4.69, 9.17) is 4.74 Å². The molecule has 0 radical (unpaired) electrons. The summed E-state index contributed by atoms with van der Waals surface area (Å²) in [7, 11) is 0. The van der Waals surface area contributed by atoms with Crippen molar-refractivity contribution >= 4 is 5.97 Å². The minimum Gasteiger partial charge on any atom is -0.430 e. The van der Waals surface area contributed by atoms with Gasteiger partial charge in [-0.2, -0.15) is 0 Å². The van der Waals surface area contributed by atoms with Gasteiger partial charge in [0.1, 0.15) is 5.76 Å². The average molecular weight is 183 g/mol. The molecule has 13 heavy (non-hydrogen) atoms. The van der Waals surface area contributed by atoms with Crippen LogP contribution in [0.5, 0.6) is 0 Å². The van der Waals surface area contributed by atoms with Crippen LogP contribution in [-0.4, -0.2) is 18.6 Å². The van der Waals surface area contributed by atoms with Crippen molar-refractivity contribution in [3.05, 3.63) is 11.8 Å². The van der Waals surface area contributed by atoms with Crippen molar-refractivity contribution in [1.29, 1.82) is 0 Å². The molecule has 0 saturated carbocycles. The Balaban J connectivity index is 2.50. The van der Waals surface area contributed by atoms with Crippen molar-refractivity contribution in [3.63, 3.8) is 0 Å². The van der Waals surface area contributed by atoms with Gasteiger partial charge in [-0.15, -0.1) is 0 Å². The summed E-state index contributed by atoms with van der Waals surface area (Å²) in [5.41, 5.74) is 0. The molecule has 0 aromatic carbocycles. The quantitative estimate of drug-likeness (QED) is 0.522. The van der Waals surface area contributed by atoms with E-state index >= 15 is 0 Å². The second-order valence-corrected chi connectivity index (χ2v) is 3.29. The second-order valence-electron chi connectivity index (χ2n) is 3.29. The van der Waals surface area contributed by atoms with Gasteiger partial charge in [-0.3, -0.25) is 4.79 Å². The average Bonchev–Trinajstić information content (AvgIpc) is 2.15. The summed E-state index contributed by atoms with van der Waals surface area (Å²) < 4.78 is 5.10. The molecule has 0 bridgehead atoms. The molecule has 0 aliphatic carbocycles. The summed E-state index contributed by atoms with van der Waals surface area (Å²) in [6.45, 7) is 4.35.